The number of nitrogens with zero attached hydrogens (tertiary/aromatic N) is 4. The number of imidazole rings is 1. The lowest BCUT2D eigenvalue weighted by Gasteiger charge is -2.35. The van der Waals surface area contributed by atoms with Crippen molar-refractivity contribution in [1.29, 1.82) is 0 Å². The van der Waals surface area contributed by atoms with Gasteiger partial charge in [0.05, 0.1) is 17.6 Å². The molecule has 2 aromatic carbocycles. The maximum absolute atomic E-state index is 9.47. The van der Waals surface area contributed by atoms with Gasteiger partial charge in [-0.2, -0.15) is 0 Å². The predicted molar refractivity (Wildman–Crippen MR) is 111 cm³/mol. The van der Waals surface area contributed by atoms with Crippen molar-refractivity contribution in [1.82, 2.24) is 14.5 Å². The van der Waals surface area contributed by atoms with Crippen LogP contribution in [-0.4, -0.2) is 58.9 Å². The first-order chi connectivity index (χ1) is 13.3. The minimum absolute atomic E-state index is 0.123. The Hall–Kier alpha value is -2.63. The first-order valence-corrected chi connectivity index (χ1v) is 9.60. The molecule has 0 saturated carbocycles. The maximum atomic E-state index is 9.47. The Kier molecular flexibility index (Phi) is 5.51. The third kappa shape index (κ3) is 4.04. The Bertz CT molecular complexity index is 895. The summed E-state index contributed by atoms with van der Waals surface area (Å²) in [5, 5.41) is 9.47. The van der Waals surface area contributed by atoms with E-state index in [-0.39, 0.29) is 6.61 Å². The number of para-hydroxylation sites is 2. The standard InChI is InChI=1S/C22H26N4O/c27-18-17-26-21-11-5-4-10-20(21)23-22(26)25-15-13-24(14-16-25)12-6-9-19-7-2-1-3-8-19/h1-11,27H,12-18H2/b9-6+. The van der Waals surface area contributed by atoms with Gasteiger partial charge in [-0.15, -0.1) is 0 Å². The SMILES string of the molecule is OCCn1c(N2CCN(C/C=C/c3ccccc3)CC2)nc2ccccc21. The second kappa shape index (κ2) is 8.37. The highest BCUT2D eigenvalue weighted by atomic mass is 16.3. The van der Waals surface area contributed by atoms with Crippen LogP contribution in [0.25, 0.3) is 17.1 Å². The van der Waals surface area contributed by atoms with Crippen molar-refractivity contribution in [3.8, 4) is 0 Å². The third-order valence-corrected chi connectivity index (χ3v) is 5.09. The lowest BCUT2D eigenvalue weighted by Crippen LogP contribution is -2.47. The highest BCUT2D eigenvalue weighted by molar-refractivity contribution is 5.78. The van der Waals surface area contributed by atoms with Gasteiger partial charge in [0.1, 0.15) is 0 Å². The Labute approximate surface area is 160 Å². The third-order valence-electron chi connectivity index (χ3n) is 5.09. The highest BCUT2D eigenvalue weighted by Crippen LogP contribution is 2.23. The molecule has 140 valence electrons. The first kappa shape index (κ1) is 17.8. The van der Waals surface area contributed by atoms with Gasteiger partial charge < -0.3 is 14.6 Å². The quantitative estimate of drug-likeness (QED) is 0.732. The predicted octanol–water partition coefficient (Wildman–Crippen LogP) is 2.86. The Morgan fingerprint density at radius 2 is 1.67 bits per heavy atom. The van der Waals surface area contributed by atoms with E-state index in [2.05, 4.69) is 56.9 Å². The van der Waals surface area contributed by atoms with Gasteiger partial charge in [0.15, 0.2) is 0 Å². The van der Waals surface area contributed by atoms with Crippen LogP contribution in [0.1, 0.15) is 5.56 Å². The van der Waals surface area contributed by atoms with Crippen LogP contribution >= 0.6 is 0 Å². The fraction of sp³-hybridized carbons (Fsp3) is 0.318. The van der Waals surface area contributed by atoms with Gasteiger partial charge >= 0.3 is 0 Å². The fourth-order valence-corrected chi connectivity index (χ4v) is 3.66. The number of hydrogen-bond acceptors (Lipinski definition) is 4. The molecule has 0 spiro atoms. The summed E-state index contributed by atoms with van der Waals surface area (Å²) in [6.07, 6.45) is 4.43. The normalized spacial score (nSPS) is 15.8. The first-order valence-electron chi connectivity index (χ1n) is 9.60. The van der Waals surface area contributed by atoms with Crippen LogP contribution in [0.3, 0.4) is 0 Å². The van der Waals surface area contributed by atoms with Crippen LogP contribution in [0.2, 0.25) is 0 Å². The van der Waals surface area contributed by atoms with Gasteiger partial charge in [-0.3, -0.25) is 4.90 Å². The summed E-state index contributed by atoms with van der Waals surface area (Å²) in [6.45, 7) is 5.61. The molecule has 0 radical (unpaired) electrons. The molecule has 5 heteroatoms. The van der Waals surface area contributed by atoms with Crippen LogP contribution in [0, 0.1) is 0 Å². The van der Waals surface area contributed by atoms with Crippen LogP contribution in [0.4, 0.5) is 5.95 Å². The summed E-state index contributed by atoms with van der Waals surface area (Å²) in [6, 6.07) is 18.6. The zero-order chi connectivity index (χ0) is 18.5. The molecule has 1 fully saturated rings. The lowest BCUT2D eigenvalue weighted by molar-refractivity contribution is 0.271. The maximum Gasteiger partial charge on any atom is 0.206 e. The summed E-state index contributed by atoms with van der Waals surface area (Å²) in [7, 11) is 0. The van der Waals surface area contributed by atoms with Crippen molar-refractivity contribution in [3.05, 3.63) is 66.2 Å². The number of hydrogen-bond donors (Lipinski definition) is 1. The average molecular weight is 362 g/mol. The Morgan fingerprint density at radius 1 is 0.926 bits per heavy atom. The second-order valence-corrected chi connectivity index (χ2v) is 6.88. The number of anilines is 1. The summed E-state index contributed by atoms with van der Waals surface area (Å²) in [5.41, 5.74) is 3.33. The summed E-state index contributed by atoms with van der Waals surface area (Å²) in [4.78, 5) is 9.63. The molecule has 4 rings (SSSR count). The summed E-state index contributed by atoms with van der Waals surface area (Å²) >= 11 is 0. The molecule has 0 unspecified atom stereocenters. The number of aliphatic hydroxyl groups is 1. The molecule has 1 aliphatic heterocycles. The van der Waals surface area contributed by atoms with Gasteiger partial charge in [-0.1, -0.05) is 54.6 Å². The van der Waals surface area contributed by atoms with E-state index in [0.29, 0.717) is 6.54 Å². The molecule has 1 N–H and O–H groups in total. The second-order valence-electron chi connectivity index (χ2n) is 6.88. The number of aromatic nitrogens is 2. The van der Waals surface area contributed by atoms with E-state index in [9.17, 15) is 5.11 Å². The summed E-state index contributed by atoms with van der Waals surface area (Å²) < 4.78 is 2.14. The van der Waals surface area contributed by atoms with Crippen molar-refractivity contribution in [2.24, 2.45) is 0 Å². The minimum atomic E-state index is 0.123. The average Bonchev–Trinajstić information content (AvgIpc) is 3.08. The monoisotopic (exact) mass is 362 g/mol. The van der Waals surface area contributed by atoms with Crippen LogP contribution in [-0.2, 0) is 6.54 Å². The van der Waals surface area contributed by atoms with Gasteiger partial charge in [0.2, 0.25) is 5.95 Å². The Morgan fingerprint density at radius 3 is 2.44 bits per heavy atom. The van der Waals surface area contributed by atoms with Crippen LogP contribution < -0.4 is 4.90 Å². The van der Waals surface area contributed by atoms with Crippen LogP contribution in [0.5, 0.6) is 0 Å². The molecule has 1 saturated heterocycles. The Balaban J connectivity index is 1.40. The zero-order valence-corrected chi connectivity index (χ0v) is 15.5. The molecular weight excluding hydrogens is 336 g/mol. The topological polar surface area (TPSA) is 44.5 Å². The molecular formula is C22H26N4O. The molecule has 1 aromatic heterocycles. The molecule has 0 aliphatic carbocycles. The van der Waals surface area contributed by atoms with Crippen molar-refractivity contribution in [3.63, 3.8) is 0 Å². The lowest BCUT2D eigenvalue weighted by atomic mass is 10.2. The van der Waals surface area contributed by atoms with E-state index in [1.165, 1.54) is 5.56 Å². The molecule has 0 amide bonds. The van der Waals surface area contributed by atoms with E-state index in [1.54, 1.807) is 0 Å². The number of piperazine rings is 1. The van der Waals surface area contributed by atoms with Gasteiger partial charge in [0.25, 0.3) is 0 Å². The van der Waals surface area contributed by atoms with E-state index >= 15 is 0 Å². The van der Waals surface area contributed by atoms with Crippen LogP contribution in [0.15, 0.2) is 60.7 Å². The molecule has 0 atom stereocenters. The zero-order valence-electron chi connectivity index (χ0n) is 15.5. The van der Waals surface area contributed by atoms with E-state index in [0.717, 1.165) is 49.7 Å². The van der Waals surface area contributed by atoms with E-state index < -0.39 is 0 Å². The molecule has 1 aliphatic rings. The molecule has 2 heterocycles. The number of benzene rings is 2. The minimum Gasteiger partial charge on any atom is -0.395 e. The number of aliphatic hydroxyl groups excluding tert-OH is 1. The van der Waals surface area contributed by atoms with E-state index in [1.807, 2.05) is 24.3 Å². The van der Waals surface area contributed by atoms with Crippen molar-refractivity contribution in [2.75, 3.05) is 44.2 Å². The summed E-state index contributed by atoms with van der Waals surface area (Å²) in [5.74, 6) is 0.977. The largest absolute Gasteiger partial charge is 0.395 e. The van der Waals surface area contributed by atoms with Crippen molar-refractivity contribution < 1.29 is 5.11 Å². The van der Waals surface area contributed by atoms with E-state index in [4.69, 9.17) is 4.98 Å². The smallest absolute Gasteiger partial charge is 0.206 e. The highest BCUT2D eigenvalue weighted by Gasteiger charge is 2.21. The van der Waals surface area contributed by atoms with Gasteiger partial charge in [-0.25, -0.2) is 4.98 Å². The van der Waals surface area contributed by atoms with Gasteiger partial charge in [0, 0.05) is 39.3 Å². The fourth-order valence-electron chi connectivity index (χ4n) is 3.66. The molecule has 5 nitrogen and oxygen atoms in total. The van der Waals surface area contributed by atoms with Crippen molar-refractivity contribution >= 4 is 23.1 Å². The number of fused-ring (bicyclic) bond motifs is 1. The number of rotatable bonds is 6. The van der Waals surface area contributed by atoms with Crippen molar-refractivity contribution in [2.45, 2.75) is 6.54 Å². The molecule has 3 aromatic rings. The molecule has 27 heavy (non-hydrogen) atoms. The molecule has 0 bridgehead atoms. The van der Waals surface area contributed by atoms with Gasteiger partial charge in [-0.05, 0) is 17.7 Å².